The standard InChI is InChI=1S/C24H21N3O/c1-14-6-5-7-21(26-14)23-19-13-20-18-12-16(28-4)8-9-22(18)27(3)24(20)15(2)17(19)10-11-25-23/h5-13H,1-4H3. The van der Waals surface area contributed by atoms with Crippen LogP contribution < -0.4 is 4.74 Å². The van der Waals surface area contributed by atoms with Crippen molar-refractivity contribution < 1.29 is 4.74 Å². The van der Waals surface area contributed by atoms with E-state index in [-0.39, 0.29) is 0 Å². The van der Waals surface area contributed by atoms with Crippen molar-refractivity contribution in [3.63, 3.8) is 0 Å². The molecule has 3 heterocycles. The average molecular weight is 367 g/mol. The van der Waals surface area contributed by atoms with Gasteiger partial charge in [-0.15, -0.1) is 0 Å². The molecule has 0 saturated heterocycles. The molecule has 3 aromatic heterocycles. The van der Waals surface area contributed by atoms with Crippen LogP contribution in [0.2, 0.25) is 0 Å². The van der Waals surface area contributed by atoms with Crippen molar-refractivity contribution in [1.82, 2.24) is 14.5 Å². The maximum atomic E-state index is 5.47. The lowest BCUT2D eigenvalue weighted by Crippen LogP contribution is -1.94. The molecule has 0 aliphatic rings. The van der Waals surface area contributed by atoms with E-state index in [0.717, 1.165) is 28.2 Å². The molecule has 5 aromatic rings. The van der Waals surface area contributed by atoms with E-state index in [0.29, 0.717) is 0 Å². The number of hydrogen-bond donors (Lipinski definition) is 0. The molecular formula is C24H21N3O. The highest BCUT2D eigenvalue weighted by Crippen LogP contribution is 2.38. The first-order valence-electron chi connectivity index (χ1n) is 9.37. The Kier molecular flexibility index (Phi) is 3.63. The maximum absolute atomic E-state index is 5.47. The molecule has 0 unspecified atom stereocenters. The van der Waals surface area contributed by atoms with Crippen LogP contribution in [0.25, 0.3) is 44.0 Å². The van der Waals surface area contributed by atoms with Crippen molar-refractivity contribution in [1.29, 1.82) is 0 Å². The zero-order chi connectivity index (χ0) is 19.4. The first kappa shape index (κ1) is 16.8. The SMILES string of the molecule is COc1ccc2c(c1)c1cc3c(-c4cccc(C)n4)nccc3c(C)c1n2C. The minimum atomic E-state index is 0.865. The van der Waals surface area contributed by atoms with E-state index < -0.39 is 0 Å². The molecule has 0 aliphatic carbocycles. The zero-order valence-electron chi connectivity index (χ0n) is 16.4. The Hall–Kier alpha value is -3.40. The number of aromatic nitrogens is 3. The van der Waals surface area contributed by atoms with E-state index >= 15 is 0 Å². The molecule has 138 valence electrons. The summed E-state index contributed by atoms with van der Waals surface area (Å²) in [6.45, 7) is 4.20. The van der Waals surface area contributed by atoms with E-state index in [2.05, 4.69) is 42.8 Å². The smallest absolute Gasteiger partial charge is 0.119 e. The summed E-state index contributed by atoms with van der Waals surface area (Å²) in [5, 5.41) is 4.73. The molecular weight excluding hydrogens is 346 g/mol. The van der Waals surface area contributed by atoms with Gasteiger partial charge in [-0.05, 0) is 67.3 Å². The monoisotopic (exact) mass is 367 g/mol. The molecule has 4 heteroatoms. The number of hydrogen-bond acceptors (Lipinski definition) is 3. The fourth-order valence-electron chi connectivity index (χ4n) is 4.28. The largest absolute Gasteiger partial charge is 0.497 e. The maximum Gasteiger partial charge on any atom is 0.119 e. The van der Waals surface area contributed by atoms with E-state index in [1.807, 2.05) is 37.4 Å². The second-order valence-electron chi connectivity index (χ2n) is 7.26. The van der Waals surface area contributed by atoms with Gasteiger partial charge in [0, 0.05) is 40.6 Å². The average Bonchev–Trinajstić information content (AvgIpc) is 2.99. The number of rotatable bonds is 2. The predicted octanol–water partition coefficient (Wildman–Crippen LogP) is 5.57. The van der Waals surface area contributed by atoms with Crippen LogP contribution in [0.5, 0.6) is 5.75 Å². The number of nitrogens with zero attached hydrogens (tertiary/aromatic N) is 3. The number of pyridine rings is 2. The summed E-state index contributed by atoms with van der Waals surface area (Å²) in [7, 11) is 3.83. The summed E-state index contributed by atoms with van der Waals surface area (Å²) in [5.41, 5.74) is 6.50. The van der Waals surface area contributed by atoms with Crippen molar-refractivity contribution in [2.75, 3.05) is 7.11 Å². The molecule has 0 aliphatic heterocycles. The van der Waals surface area contributed by atoms with Gasteiger partial charge in [0.15, 0.2) is 0 Å². The Morgan fingerprint density at radius 1 is 0.893 bits per heavy atom. The predicted molar refractivity (Wildman–Crippen MR) is 115 cm³/mol. The van der Waals surface area contributed by atoms with Gasteiger partial charge >= 0.3 is 0 Å². The van der Waals surface area contributed by atoms with Crippen LogP contribution in [0.4, 0.5) is 0 Å². The molecule has 0 atom stereocenters. The van der Waals surface area contributed by atoms with Crippen molar-refractivity contribution in [3.8, 4) is 17.1 Å². The van der Waals surface area contributed by atoms with Gasteiger partial charge in [-0.2, -0.15) is 0 Å². The van der Waals surface area contributed by atoms with Crippen molar-refractivity contribution >= 4 is 32.6 Å². The topological polar surface area (TPSA) is 39.9 Å². The summed E-state index contributed by atoms with van der Waals surface area (Å²) in [4.78, 5) is 9.40. The highest BCUT2D eigenvalue weighted by Gasteiger charge is 2.16. The fourth-order valence-corrected chi connectivity index (χ4v) is 4.28. The Balaban J connectivity index is 1.95. The first-order valence-corrected chi connectivity index (χ1v) is 9.37. The van der Waals surface area contributed by atoms with Crippen LogP contribution in [0.1, 0.15) is 11.3 Å². The lowest BCUT2D eigenvalue weighted by Gasteiger charge is -2.10. The molecule has 5 rings (SSSR count). The third kappa shape index (κ3) is 2.31. The van der Waals surface area contributed by atoms with Gasteiger partial charge < -0.3 is 9.30 Å². The Morgan fingerprint density at radius 2 is 1.75 bits per heavy atom. The highest BCUT2D eigenvalue weighted by atomic mass is 16.5. The Morgan fingerprint density at radius 3 is 2.54 bits per heavy atom. The summed E-state index contributed by atoms with van der Waals surface area (Å²) in [5.74, 6) is 0.865. The van der Waals surface area contributed by atoms with Gasteiger partial charge in [-0.25, -0.2) is 0 Å². The van der Waals surface area contributed by atoms with Gasteiger partial charge in [0.2, 0.25) is 0 Å². The summed E-state index contributed by atoms with van der Waals surface area (Å²) in [6.07, 6.45) is 1.88. The molecule has 0 N–H and O–H groups in total. The summed E-state index contributed by atoms with van der Waals surface area (Å²) >= 11 is 0. The quantitative estimate of drug-likeness (QED) is 0.410. The highest BCUT2D eigenvalue weighted by molar-refractivity contribution is 6.16. The van der Waals surface area contributed by atoms with Crippen LogP contribution in [-0.2, 0) is 7.05 Å². The molecule has 0 fully saturated rings. The molecule has 0 bridgehead atoms. The molecule has 0 spiro atoms. The van der Waals surface area contributed by atoms with Gasteiger partial charge in [0.25, 0.3) is 0 Å². The number of benzene rings is 2. The van der Waals surface area contributed by atoms with Gasteiger partial charge in [-0.1, -0.05) is 6.07 Å². The minimum absolute atomic E-state index is 0.865. The molecule has 0 saturated carbocycles. The number of ether oxygens (including phenoxy) is 1. The lowest BCUT2D eigenvalue weighted by atomic mass is 9.99. The van der Waals surface area contributed by atoms with E-state index in [1.54, 1.807) is 7.11 Å². The van der Waals surface area contributed by atoms with E-state index in [9.17, 15) is 0 Å². The third-order valence-corrected chi connectivity index (χ3v) is 5.61. The number of aryl methyl sites for hydroxylation is 3. The zero-order valence-corrected chi connectivity index (χ0v) is 16.4. The Bertz CT molecular complexity index is 1380. The van der Waals surface area contributed by atoms with Crippen molar-refractivity contribution in [2.24, 2.45) is 7.05 Å². The number of methoxy groups -OCH3 is 1. The number of fused-ring (bicyclic) bond motifs is 4. The van der Waals surface area contributed by atoms with E-state index in [4.69, 9.17) is 14.7 Å². The third-order valence-electron chi connectivity index (χ3n) is 5.61. The van der Waals surface area contributed by atoms with Gasteiger partial charge in [-0.3, -0.25) is 9.97 Å². The summed E-state index contributed by atoms with van der Waals surface area (Å²) < 4.78 is 7.74. The second kappa shape index (κ2) is 6.06. The van der Waals surface area contributed by atoms with Crippen LogP contribution in [0.15, 0.2) is 54.7 Å². The molecule has 0 amide bonds. The summed E-state index contributed by atoms with van der Waals surface area (Å²) in [6, 6.07) is 16.7. The normalized spacial score (nSPS) is 11.6. The van der Waals surface area contributed by atoms with E-state index in [1.165, 1.54) is 32.8 Å². The van der Waals surface area contributed by atoms with Crippen molar-refractivity contribution in [3.05, 3.63) is 66.0 Å². The van der Waals surface area contributed by atoms with Gasteiger partial charge in [0.1, 0.15) is 5.75 Å². The second-order valence-corrected chi connectivity index (χ2v) is 7.26. The molecule has 28 heavy (non-hydrogen) atoms. The van der Waals surface area contributed by atoms with Crippen LogP contribution in [0, 0.1) is 13.8 Å². The lowest BCUT2D eigenvalue weighted by molar-refractivity contribution is 0.415. The first-order chi connectivity index (χ1) is 13.6. The van der Waals surface area contributed by atoms with Crippen LogP contribution in [-0.4, -0.2) is 21.6 Å². The van der Waals surface area contributed by atoms with Crippen molar-refractivity contribution in [2.45, 2.75) is 13.8 Å². The minimum Gasteiger partial charge on any atom is -0.497 e. The molecule has 4 nitrogen and oxygen atoms in total. The Labute approximate surface area is 163 Å². The molecule has 0 radical (unpaired) electrons. The fraction of sp³-hybridized carbons (Fsp3) is 0.167. The van der Waals surface area contributed by atoms with Crippen LogP contribution >= 0.6 is 0 Å². The molecule has 2 aromatic carbocycles. The van der Waals surface area contributed by atoms with Gasteiger partial charge in [0.05, 0.1) is 24.0 Å². The van der Waals surface area contributed by atoms with Crippen LogP contribution in [0.3, 0.4) is 0 Å².